The number of rotatable bonds is 2. The molecular weight excluding hydrogens is 282 g/mol. The van der Waals surface area contributed by atoms with Gasteiger partial charge in [-0.3, -0.25) is 4.90 Å². The van der Waals surface area contributed by atoms with Crippen molar-refractivity contribution in [3.8, 4) is 0 Å². The predicted octanol–water partition coefficient (Wildman–Crippen LogP) is 3.26. The van der Waals surface area contributed by atoms with Crippen LogP contribution in [0.15, 0.2) is 30.3 Å². The van der Waals surface area contributed by atoms with Crippen molar-refractivity contribution in [2.24, 2.45) is 0 Å². The molecule has 1 aromatic heterocycles. The van der Waals surface area contributed by atoms with Crippen molar-refractivity contribution in [3.05, 3.63) is 35.9 Å². The van der Waals surface area contributed by atoms with Gasteiger partial charge in [0.25, 0.3) is 0 Å². The second-order valence-electron chi connectivity index (χ2n) is 6.07. The summed E-state index contributed by atoms with van der Waals surface area (Å²) >= 11 is 6.15. The van der Waals surface area contributed by atoms with Crippen molar-refractivity contribution < 1.29 is 0 Å². The monoisotopic (exact) mass is 301 g/mol. The first kappa shape index (κ1) is 13.4. The molecular formula is C17H20ClN3. The topological polar surface area (TPSA) is 19.4 Å². The molecule has 2 fully saturated rings. The maximum atomic E-state index is 6.15. The number of alkyl halides is 1. The fraction of sp³-hybridized carbons (Fsp3) is 0.471. The number of piperazine rings is 1. The molecule has 2 aliphatic rings. The van der Waals surface area contributed by atoms with Crippen LogP contribution in [0.25, 0.3) is 10.9 Å². The molecule has 1 aromatic carbocycles. The van der Waals surface area contributed by atoms with Gasteiger partial charge in [0.05, 0.1) is 5.52 Å². The lowest BCUT2D eigenvalue weighted by molar-refractivity contribution is 0.230. The van der Waals surface area contributed by atoms with Crippen LogP contribution in [-0.4, -0.2) is 42.1 Å². The number of benzene rings is 1. The summed E-state index contributed by atoms with van der Waals surface area (Å²) in [6.45, 7) is 4.61. The lowest BCUT2D eigenvalue weighted by Gasteiger charge is -2.38. The molecule has 2 aromatic rings. The molecule has 1 unspecified atom stereocenters. The number of fused-ring (bicyclic) bond motifs is 2. The number of hydrogen-bond donors (Lipinski definition) is 0. The van der Waals surface area contributed by atoms with Crippen LogP contribution in [0.4, 0.5) is 5.82 Å². The summed E-state index contributed by atoms with van der Waals surface area (Å²) < 4.78 is 0. The van der Waals surface area contributed by atoms with E-state index < -0.39 is 0 Å². The van der Waals surface area contributed by atoms with Gasteiger partial charge in [-0.25, -0.2) is 4.98 Å². The Morgan fingerprint density at radius 2 is 2.10 bits per heavy atom. The quantitative estimate of drug-likeness (QED) is 0.794. The number of para-hydroxylation sites is 1. The molecule has 0 N–H and O–H groups in total. The van der Waals surface area contributed by atoms with Crippen molar-refractivity contribution in [3.63, 3.8) is 0 Å². The van der Waals surface area contributed by atoms with E-state index in [0.29, 0.717) is 11.9 Å². The zero-order chi connectivity index (χ0) is 14.2. The summed E-state index contributed by atoms with van der Waals surface area (Å²) in [5.41, 5.74) is 2.24. The summed E-state index contributed by atoms with van der Waals surface area (Å²) in [5, 5.41) is 1.18. The van der Waals surface area contributed by atoms with E-state index in [1.807, 2.05) is 6.07 Å². The molecule has 4 heteroatoms. The Hall–Kier alpha value is -1.32. The van der Waals surface area contributed by atoms with Gasteiger partial charge >= 0.3 is 0 Å². The first-order valence-corrected chi connectivity index (χ1v) is 8.32. The Bertz CT molecular complexity index is 658. The molecule has 2 saturated heterocycles. The van der Waals surface area contributed by atoms with Gasteiger partial charge in [-0.2, -0.15) is 0 Å². The third-order valence-corrected chi connectivity index (χ3v) is 5.13. The number of nitrogens with zero attached hydrogens (tertiary/aromatic N) is 3. The minimum atomic E-state index is 0.541. The Morgan fingerprint density at radius 3 is 3.00 bits per heavy atom. The Kier molecular flexibility index (Phi) is 3.48. The van der Waals surface area contributed by atoms with Crippen molar-refractivity contribution in [2.45, 2.75) is 24.8 Å². The molecule has 110 valence electrons. The highest BCUT2D eigenvalue weighted by Crippen LogP contribution is 2.28. The molecule has 1 atom stereocenters. The SMILES string of the molecule is ClCc1cc(N2CCN3CCCC3C2)nc2ccccc12. The molecule has 0 amide bonds. The highest BCUT2D eigenvalue weighted by Gasteiger charge is 2.31. The molecule has 21 heavy (non-hydrogen) atoms. The summed E-state index contributed by atoms with van der Waals surface area (Å²) in [7, 11) is 0. The fourth-order valence-electron chi connectivity index (χ4n) is 3.70. The van der Waals surface area contributed by atoms with E-state index in [-0.39, 0.29) is 0 Å². The lowest BCUT2D eigenvalue weighted by Crippen LogP contribution is -2.50. The van der Waals surface area contributed by atoms with Crippen molar-refractivity contribution >= 4 is 28.3 Å². The second-order valence-corrected chi connectivity index (χ2v) is 6.34. The molecule has 0 aliphatic carbocycles. The van der Waals surface area contributed by atoms with Gasteiger partial charge in [0.1, 0.15) is 5.82 Å². The summed E-state index contributed by atoms with van der Waals surface area (Å²) in [4.78, 5) is 9.93. The zero-order valence-electron chi connectivity index (χ0n) is 12.1. The molecule has 0 bridgehead atoms. The second kappa shape index (κ2) is 5.47. The number of anilines is 1. The maximum absolute atomic E-state index is 6.15. The Labute approximate surface area is 130 Å². The summed E-state index contributed by atoms with van der Waals surface area (Å²) in [6.07, 6.45) is 2.67. The first-order chi connectivity index (χ1) is 10.3. The Morgan fingerprint density at radius 1 is 1.19 bits per heavy atom. The highest BCUT2D eigenvalue weighted by atomic mass is 35.5. The molecule has 0 spiro atoms. The fourth-order valence-corrected chi connectivity index (χ4v) is 3.92. The molecule has 0 radical (unpaired) electrons. The zero-order valence-corrected chi connectivity index (χ0v) is 12.9. The first-order valence-electron chi connectivity index (χ1n) is 7.79. The van der Waals surface area contributed by atoms with Crippen LogP contribution in [0.3, 0.4) is 0 Å². The average Bonchev–Trinajstić information content (AvgIpc) is 3.01. The lowest BCUT2D eigenvalue weighted by atomic mass is 10.1. The van der Waals surface area contributed by atoms with E-state index in [4.69, 9.17) is 16.6 Å². The highest BCUT2D eigenvalue weighted by molar-refractivity contribution is 6.18. The number of pyridine rings is 1. The van der Waals surface area contributed by atoms with Crippen LogP contribution in [-0.2, 0) is 5.88 Å². The van der Waals surface area contributed by atoms with Crippen LogP contribution in [0.5, 0.6) is 0 Å². The van der Waals surface area contributed by atoms with Crippen LogP contribution in [0, 0.1) is 0 Å². The smallest absolute Gasteiger partial charge is 0.129 e. The van der Waals surface area contributed by atoms with Gasteiger partial charge in [-0.05, 0) is 37.1 Å². The van der Waals surface area contributed by atoms with Gasteiger partial charge in [0, 0.05) is 36.9 Å². The standard InChI is InChI=1S/C17H20ClN3/c18-11-13-10-17(19-16-6-2-1-5-15(13)16)21-9-8-20-7-3-4-14(20)12-21/h1-2,5-6,10,14H,3-4,7-9,11-12H2. The van der Waals surface area contributed by atoms with Crippen LogP contribution < -0.4 is 4.90 Å². The number of halogens is 1. The molecule has 4 rings (SSSR count). The summed E-state index contributed by atoms with van der Waals surface area (Å²) in [6, 6.07) is 11.2. The third-order valence-electron chi connectivity index (χ3n) is 4.84. The summed E-state index contributed by atoms with van der Waals surface area (Å²) in [5.74, 6) is 1.63. The van der Waals surface area contributed by atoms with Gasteiger partial charge in [0.2, 0.25) is 0 Å². The minimum Gasteiger partial charge on any atom is -0.354 e. The van der Waals surface area contributed by atoms with E-state index in [2.05, 4.69) is 34.1 Å². The van der Waals surface area contributed by atoms with E-state index >= 15 is 0 Å². The van der Waals surface area contributed by atoms with Crippen molar-refractivity contribution in [1.82, 2.24) is 9.88 Å². The maximum Gasteiger partial charge on any atom is 0.129 e. The van der Waals surface area contributed by atoms with Crippen molar-refractivity contribution in [2.75, 3.05) is 31.1 Å². The van der Waals surface area contributed by atoms with Crippen LogP contribution in [0.2, 0.25) is 0 Å². The molecule has 0 saturated carbocycles. The average molecular weight is 302 g/mol. The van der Waals surface area contributed by atoms with Gasteiger partial charge in [-0.15, -0.1) is 11.6 Å². The van der Waals surface area contributed by atoms with Crippen molar-refractivity contribution in [1.29, 1.82) is 0 Å². The third kappa shape index (κ3) is 2.39. The van der Waals surface area contributed by atoms with E-state index in [1.165, 1.54) is 30.3 Å². The minimum absolute atomic E-state index is 0.541. The van der Waals surface area contributed by atoms with Crippen LogP contribution >= 0.6 is 11.6 Å². The Balaban J connectivity index is 1.70. The van der Waals surface area contributed by atoms with Gasteiger partial charge in [0.15, 0.2) is 0 Å². The van der Waals surface area contributed by atoms with E-state index in [1.54, 1.807) is 0 Å². The molecule has 3 nitrogen and oxygen atoms in total. The number of aromatic nitrogens is 1. The molecule has 2 aliphatic heterocycles. The number of hydrogen-bond acceptors (Lipinski definition) is 3. The van der Waals surface area contributed by atoms with Crippen LogP contribution in [0.1, 0.15) is 18.4 Å². The van der Waals surface area contributed by atoms with Gasteiger partial charge in [-0.1, -0.05) is 18.2 Å². The van der Waals surface area contributed by atoms with Gasteiger partial charge < -0.3 is 4.90 Å². The normalized spacial score (nSPS) is 22.7. The van der Waals surface area contributed by atoms with E-state index in [0.717, 1.165) is 31.0 Å². The largest absolute Gasteiger partial charge is 0.354 e. The van der Waals surface area contributed by atoms with E-state index in [9.17, 15) is 0 Å². The molecule has 3 heterocycles. The predicted molar refractivity (Wildman–Crippen MR) is 88.1 cm³/mol.